The number of aliphatic imine (C=N–C) groups is 1. The van der Waals surface area contributed by atoms with Gasteiger partial charge >= 0.3 is 5.97 Å². The Kier molecular flexibility index (Phi) is 7.39. The molecule has 0 atom stereocenters. The minimum atomic E-state index is -0.614. The molecule has 1 fully saturated rings. The number of esters is 1. The van der Waals surface area contributed by atoms with Crippen molar-refractivity contribution in [3.8, 4) is 11.1 Å². The fourth-order valence-electron chi connectivity index (χ4n) is 3.73. The van der Waals surface area contributed by atoms with Crippen LogP contribution in [0.2, 0.25) is 0 Å². The van der Waals surface area contributed by atoms with Gasteiger partial charge in [0.05, 0.1) is 25.3 Å². The van der Waals surface area contributed by atoms with Gasteiger partial charge in [-0.3, -0.25) is 9.69 Å². The standard InChI is InChI=1S/C25H30N2O4/c1-18-5-6-20(16-31-24(29)15-27-9-11-30-12-10-27)14-23(18)22-8-7-21(13-19(22)2)25(3,4)26-17-28/h5-8,13-14H,9-12,15-16H2,1-4H3. The predicted molar refractivity (Wildman–Crippen MR) is 120 cm³/mol. The van der Waals surface area contributed by atoms with E-state index in [0.717, 1.165) is 46.5 Å². The fourth-order valence-corrected chi connectivity index (χ4v) is 3.73. The molecule has 6 nitrogen and oxygen atoms in total. The molecule has 1 aliphatic rings. The molecule has 31 heavy (non-hydrogen) atoms. The summed E-state index contributed by atoms with van der Waals surface area (Å²) in [4.78, 5) is 28.9. The normalized spacial score (nSPS) is 14.7. The molecular weight excluding hydrogens is 392 g/mol. The Hall–Kier alpha value is -2.79. The molecule has 0 spiro atoms. The van der Waals surface area contributed by atoms with E-state index in [1.54, 1.807) is 6.08 Å². The lowest BCUT2D eigenvalue weighted by Gasteiger charge is -2.25. The molecule has 0 amide bonds. The molecule has 0 unspecified atom stereocenters. The molecule has 0 N–H and O–H groups in total. The Morgan fingerprint density at radius 3 is 2.52 bits per heavy atom. The Morgan fingerprint density at radius 1 is 1.10 bits per heavy atom. The zero-order chi connectivity index (χ0) is 22.4. The van der Waals surface area contributed by atoms with Crippen molar-refractivity contribution >= 4 is 12.0 Å². The molecule has 1 saturated heterocycles. The van der Waals surface area contributed by atoms with Crippen LogP contribution in [0.4, 0.5) is 0 Å². The third-order valence-corrected chi connectivity index (χ3v) is 5.71. The van der Waals surface area contributed by atoms with E-state index < -0.39 is 5.54 Å². The first-order valence-corrected chi connectivity index (χ1v) is 10.6. The predicted octanol–water partition coefficient (Wildman–Crippen LogP) is 3.92. The molecule has 2 aromatic carbocycles. The Morgan fingerprint density at radius 2 is 1.84 bits per heavy atom. The Balaban J connectivity index is 1.73. The van der Waals surface area contributed by atoms with Gasteiger partial charge in [0.2, 0.25) is 6.08 Å². The first-order valence-electron chi connectivity index (χ1n) is 10.6. The molecule has 0 radical (unpaired) electrons. The van der Waals surface area contributed by atoms with Crippen molar-refractivity contribution in [3.05, 3.63) is 58.7 Å². The van der Waals surface area contributed by atoms with Crippen LogP contribution in [0.25, 0.3) is 11.1 Å². The second kappa shape index (κ2) is 10.0. The third kappa shape index (κ3) is 5.88. The van der Waals surface area contributed by atoms with Crippen LogP contribution >= 0.6 is 0 Å². The molecule has 6 heteroatoms. The van der Waals surface area contributed by atoms with Crippen LogP contribution in [0.15, 0.2) is 41.4 Å². The smallest absolute Gasteiger partial charge is 0.320 e. The number of benzene rings is 2. The molecule has 0 saturated carbocycles. The Labute approximate surface area is 183 Å². The van der Waals surface area contributed by atoms with E-state index in [9.17, 15) is 9.59 Å². The second-order valence-electron chi connectivity index (χ2n) is 8.49. The van der Waals surface area contributed by atoms with Gasteiger partial charge in [-0.1, -0.05) is 30.3 Å². The molecular formula is C25H30N2O4. The summed E-state index contributed by atoms with van der Waals surface area (Å²) in [6.45, 7) is 11.3. The zero-order valence-electron chi connectivity index (χ0n) is 18.7. The number of isocyanates is 1. The van der Waals surface area contributed by atoms with E-state index in [1.165, 1.54) is 0 Å². The summed E-state index contributed by atoms with van der Waals surface area (Å²) in [5.74, 6) is -0.220. The molecule has 164 valence electrons. The van der Waals surface area contributed by atoms with Gasteiger partial charge in [-0.15, -0.1) is 0 Å². The van der Waals surface area contributed by atoms with E-state index >= 15 is 0 Å². The van der Waals surface area contributed by atoms with Gasteiger partial charge < -0.3 is 9.47 Å². The maximum atomic E-state index is 12.2. The van der Waals surface area contributed by atoms with E-state index in [2.05, 4.69) is 36.2 Å². The fraction of sp³-hybridized carbons (Fsp3) is 0.440. The first-order chi connectivity index (χ1) is 14.8. The summed E-state index contributed by atoms with van der Waals surface area (Å²) >= 11 is 0. The van der Waals surface area contributed by atoms with Crippen LogP contribution in [0.1, 0.15) is 36.1 Å². The number of carbonyl (C=O) groups is 1. The van der Waals surface area contributed by atoms with Crippen molar-refractivity contribution < 1.29 is 19.1 Å². The summed E-state index contributed by atoms with van der Waals surface area (Å²) < 4.78 is 10.8. The average Bonchev–Trinajstić information content (AvgIpc) is 2.74. The van der Waals surface area contributed by atoms with E-state index in [1.807, 2.05) is 37.8 Å². The highest BCUT2D eigenvalue weighted by Crippen LogP contribution is 2.32. The van der Waals surface area contributed by atoms with Gasteiger partial charge in [0.15, 0.2) is 0 Å². The summed E-state index contributed by atoms with van der Waals surface area (Å²) in [6, 6.07) is 12.2. The number of ether oxygens (including phenoxy) is 2. The quantitative estimate of drug-likeness (QED) is 0.384. The zero-order valence-corrected chi connectivity index (χ0v) is 18.7. The van der Waals surface area contributed by atoms with Gasteiger partial charge in [0.25, 0.3) is 0 Å². The van der Waals surface area contributed by atoms with Crippen molar-refractivity contribution in [1.29, 1.82) is 0 Å². The number of hydrogen-bond donors (Lipinski definition) is 0. The molecule has 1 heterocycles. The van der Waals surface area contributed by atoms with Gasteiger partial charge in [0.1, 0.15) is 6.61 Å². The highest BCUT2D eigenvalue weighted by molar-refractivity contribution is 5.73. The number of nitrogens with zero attached hydrogens (tertiary/aromatic N) is 2. The number of hydrogen-bond acceptors (Lipinski definition) is 6. The van der Waals surface area contributed by atoms with E-state index in [-0.39, 0.29) is 12.6 Å². The highest BCUT2D eigenvalue weighted by atomic mass is 16.5. The molecule has 3 rings (SSSR count). The Bertz CT molecular complexity index is 987. The monoisotopic (exact) mass is 422 g/mol. The molecule has 0 bridgehead atoms. The lowest BCUT2D eigenvalue weighted by atomic mass is 9.89. The van der Waals surface area contributed by atoms with E-state index in [0.29, 0.717) is 19.8 Å². The van der Waals surface area contributed by atoms with Gasteiger partial charge in [-0.2, -0.15) is 4.99 Å². The maximum Gasteiger partial charge on any atom is 0.320 e. The van der Waals surface area contributed by atoms with E-state index in [4.69, 9.17) is 9.47 Å². The number of carbonyl (C=O) groups excluding carboxylic acids is 2. The SMILES string of the molecule is Cc1cc(C(C)(C)N=C=O)ccc1-c1cc(COC(=O)CN2CCOCC2)ccc1C. The van der Waals surface area contributed by atoms with Crippen molar-refractivity contribution in [2.24, 2.45) is 4.99 Å². The summed E-state index contributed by atoms with van der Waals surface area (Å²) in [5, 5.41) is 0. The van der Waals surface area contributed by atoms with Crippen molar-refractivity contribution in [2.45, 2.75) is 39.8 Å². The van der Waals surface area contributed by atoms with Crippen molar-refractivity contribution in [2.75, 3.05) is 32.8 Å². The average molecular weight is 423 g/mol. The summed E-state index contributed by atoms with van der Waals surface area (Å²) in [6.07, 6.45) is 1.66. The maximum absolute atomic E-state index is 12.2. The van der Waals surface area contributed by atoms with Crippen LogP contribution < -0.4 is 0 Å². The second-order valence-corrected chi connectivity index (χ2v) is 8.49. The van der Waals surface area contributed by atoms with Crippen LogP contribution in [-0.4, -0.2) is 49.8 Å². The minimum absolute atomic E-state index is 0.220. The molecule has 2 aromatic rings. The largest absolute Gasteiger partial charge is 0.460 e. The van der Waals surface area contributed by atoms with Gasteiger partial charge in [-0.25, -0.2) is 4.79 Å². The molecule has 0 aromatic heterocycles. The van der Waals surface area contributed by atoms with Crippen LogP contribution in [0.5, 0.6) is 0 Å². The van der Waals surface area contributed by atoms with Gasteiger partial charge in [0, 0.05) is 13.1 Å². The summed E-state index contributed by atoms with van der Waals surface area (Å²) in [7, 11) is 0. The number of aryl methyl sites for hydroxylation is 2. The third-order valence-electron chi connectivity index (χ3n) is 5.71. The first kappa shape index (κ1) is 22.9. The van der Waals surface area contributed by atoms with Gasteiger partial charge in [-0.05, 0) is 67.1 Å². The van der Waals surface area contributed by atoms with Crippen molar-refractivity contribution in [3.63, 3.8) is 0 Å². The lowest BCUT2D eigenvalue weighted by molar-refractivity contribution is -0.147. The summed E-state index contributed by atoms with van der Waals surface area (Å²) in [5.41, 5.74) is 5.74. The number of morpholine rings is 1. The number of rotatable bonds is 7. The van der Waals surface area contributed by atoms with Crippen LogP contribution in [0, 0.1) is 13.8 Å². The molecule has 0 aliphatic carbocycles. The van der Waals surface area contributed by atoms with Crippen LogP contribution in [0.3, 0.4) is 0 Å². The lowest BCUT2D eigenvalue weighted by Crippen LogP contribution is -2.40. The topological polar surface area (TPSA) is 68.2 Å². The van der Waals surface area contributed by atoms with Crippen molar-refractivity contribution in [1.82, 2.24) is 4.90 Å². The highest BCUT2D eigenvalue weighted by Gasteiger charge is 2.20. The molecule has 1 aliphatic heterocycles. The minimum Gasteiger partial charge on any atom is -0.460 e. The van der Waals surface area contributed by atoms with Crippen LogP contribution in [-0.2, 0) is 31.2 Å².